The van der Waals surface area contributed by atoms with Gasteiger partial charge in [0.25, 0.3) is 10.0 Å². The van der Waals surface area contributed by atoms with Gasteiger partial charge in [0, 0.05) is 17.3 Å². The number of anilines is 1. The minimum Gasteiger partial charge on any atom is -0.326 e. The van der Waals surface area contributed by atoms with E-state index in [4.69, 9.17) is 4.89 Å². The third kappa shape index (κ3) is 4.05. The zero-order valence-corrected chi connectivity index (χ0v) is 13.4. The Hall–Kier alpha value is -1.38. The molecule has 2 aromatic rings. The van der Waals surface area contributed by atoms with Crippen molar-refractivity contribution in [3.05, 3.63) is 24.3 Å². The largest absolute Gasteiger partial charge is 0.522 e. The van der Waals surface area contributed by atoms with Crippen LogP contribution in [-0.4, -0.2) is 25.5 Å². The molecular formula is C11H12N2O5PS2+. The van der Waals surface area contributed by atoms with E-state index in [-0.39, 0.29) is 10.1 Å². The highest BCUT2D eigenvalue weighted by Gasteiger charge is 2.22. The van der Waals surface area contributed by atoms with Gasteiger partial charge >= 0.3 is 8.03 Å². The number of fused-ring (bicyclic) bond motifs is 1. The third-order valence-corrected chi connectivity index (χ3v) is 6.10. The van der Waals surface area contributed by atoms with E-state index in [0.29, 0.717) is 11.1 Å². The maximum absolute atomic E-state index is 12.0. The van der Waals surface area contributed by atoms with Crippen LogP contribution in [0.25, 0.3) is 10.1 Å². The van der Waals surface area contributed by atoms with E-state index in [1.807, 2.05) is 0 Å². The molecule has 1 amide bonds. The molecule has 1 atom stereocenters. The number of thiophene rings is 1. The van der Waals surface area contributed by atoms with E-state index in [0.717, 1.165) is 16.0 Å². The first-order chi connectivity index (χ1) is 9.78. The molecule has 0 saturated carbocycles. The van der Waals surface area contributed by atoms with Crippen molar-refractivity contribution in [3.8, 4) is 0 Å². The highest BCUT2D eigenvalue weighted by molar-refractivity contribution is 7.92. The van der Waals surface area contributed by atoms with Crippen LogP contribution in [0, 0.1) is 0 Å². The second-order valence-electron chi connectivity index (χ2n) is 4.16. The van der Waals surface area contributed by atoms with Gasteiger partial charge in [0.15, 0.2) is 0 Å². The fourth-order valence-corrected chi connectivity index (χ4v) is 4.85. The molecule has 21 heavy (non-hydrogen) atoms. The number of amides is 1. The van der Waals surface area contributed by atoms with Crippen LogP contribution in [0.3, 0.4) is 0 Å². The molecule has 1 aromatic heterocycles. The predicted octanol–water partition coefficient (Wildman–Crippen LogP) is 1.83. The molecule has 1 heterocycles. The molecule has 0 fully saturated rings. The monoisotopic (exact) mass is 347 g/mol. The molecule has 3 N–H and O–H groups in total. The molecular weight excluding hydrogens is 335 g/mol. The highest BCUT2D eigenvalue weighted by atomic mass is 32.2. The van der Waals surface area contributed by atoms with Crippen molar-refractivity contribution in [2.75, 3.05) is 11.6 Å². The zero-order valence-electron chi connectivity index (χ0n) is 10.9. The van der Waals surface area contributed by atoms with E-state index in [1.54, 1.807) is 18.2 Å². The second-order valence-corrected chi connectivity index (χ2v) is 8.26. The smallest absolute Gasteiger partial charge is 0.326 e. The minimum atomic E-state index is -3.82. The lowest BCUT2D eigenvalue weighted by atomic mass is 10.2. The fraction of sp³-hybridized carbons (Fsp3) is 0.182. The van der Waals surface area contributed by atoms with Crippen LogP contribution in [0.4, 0.5) is 5.69 Å². The fourth-order valence-electron chi connectivity index (χ4n) is 1.64. The summed E-state index contributed by atoms with van der Waals surface area (Å²) in [6.07, 6.45) is -0.525. The Balaban J connectivity index is 2.34. The Morgan fingerprint density at radius 2 is 2.10 bits per heavy atom. The number of hydrogen-bond donors (Lipinski definition) is 3. The van der Waals surface area contributed by atoms with E-state index < -0.39 is 24.3 Å². The van der Waals surface area contributed by atoms with Gasteiger partial charge in [0.1, 0.15) is 4.21 Å². The van der Waals surface area contributed by atoms with Crippen LogP contribution in [0.1, 0.15) is 6.92 Å². The lowest BCUT2D eigenvalue weighted by molar-refractivity contribution is -0.114. The van der Waals surface area contributed by atoms with Crippen molar-refractivity contribution in [2.24, 2.45) is 0 Å². The summed E-state index contributed by atoms with van der Waals surface area (Å²) in [5.74, 6) is -0.217. The van der Waals surface area contributed by atoms with Crippen LogP contribution in [-0.2, 0) is 19.4 Å². The van der Waals surface area contributed by atoms with Gasteiger partial charge in [-0.2, -0.15) is 9.62 Å². The summed E-state index contributed by atoms with van der Waals surface area (Å²) in [4.78, 5) is 19.7. The number of sulfonamides is 1. The molecule has 1 aromatic carbocycles. The van der Waals surface area contributed by atoms with Crippen molar-refractivity contribution in [1.29, 1.82) is 0 Å². The Morgan fingerprint density at radius 1 is 1.38 bits per heavy atom. The van der Waals surface area contributed by atoms with Crippen LogP contribution in [0.2, 0.25) is 0 Å². The number of hydrogen-bond acceptors (Lipinski definition) is 5. The predicted molar refractivity (Wildman–Crippen MR) is 81.1 cm³/mol. The van der Waals surface area contributed by atoms with E-state index in [2.05, 4.69) is 10.0 Å². The average Bonchev–Trinajstić information content (AvgIpc) is 2.79. The normalized spacial score (nSPS) is 12.4. The van der Waals surface area contributed by atoms with Gasteiger partial charge in [-0.1, -0.05) is 0 Å². The van der Waals surface area contributed by atoms with Crippen LogP contribution >= 0.6 is 19.4 Å². The molecule has 0 aliphatic rings. The number of benzene rings is 1. The average molecular weight is 347 g/mol. The zero-order chi connectivity index (χ0) is 15.6. The van der Waals surface area contributed by atoms with Crippen molar-refractivity contribution >= 4 is 51.1 Å². The van der Waals surface area contributed by atoms with Gasteiger partial charge in [-0.15, -0.1) is 11.3 Å². The molecule has 0 bridgehead atoms. The van der Waals surface area contributed by atoms with Crippen molar-refractivity contribution < 1.29 is 22.7 Å². The lowest BCUT2D eigenvalue weighted by Crippen LogP contribution is -2.22. The Morgan fingerprint density at radius 3 is 2.71 bits per heavy atom. The van der Waals surface area contributed by atoms with Gasteiger partial charge in [-0.3, -0.25) is 4.79 Å². The van der Waals surface area contributed by atoms with Crippen LogP contribution < -0.4 is 10.0 Å². The van der Waals surface area contributed by atoms with Crippen molar-refractivity contribution in [1.82, 2.24) is 4.72 Å². The number of rotatable bonds is 5. The van der Waals surface area contributed by atoms with Crippen LogP contribution in [0.15, 0.2) is 28.5 Å². The first-order valence-electron chi connectivity index (χ1n) is 5.72. The molecule has 7 nitrogen and oxygen atoms in total. The number of carbonyl (C=O) groups is 1. The molecule has 1 unspecified atom stereocenters. The van der Waals surface area contributed by atoms with Crippen molar-refractivity contribution in [3.63, 3.8) is 0 Å². The standard InChI is InChI=1S/C11H11N2O5PS2/c1-7(14)13-9-2-3-10-8(4-9)5-11(20-10)21(17,18)12-6-19(15)16/h2-5,12H,6H2,1H3,(H-,13,14,15,16)/p+1. The molecule has 0 aliphatic carbocycles. The Labute approximate surface area is 125 Å². The molecule has 0 spiro atoms. The summed E-state index contributed by atoms with van der Waals surface area (Å²) >= 11 is 1.04. The summed E-state index contributed by atoms with van der Waals surface area (Å²) in [6.45, 7) is 1.38. The molecule has 0 aliphatic heterocycles. The van der Waals surface area contributed by atoms with Gasteiger partial charge in [0.05, 0.1) is 0 Å². The van der Waals surface area contributed by atoms with Gasteiger partial charge in [-0.05, 0) is 34.2 Å². The van der Waals surface area contributed by atoms with Crippen molar-refractivity contribution in [2.45, 2.75) is 11.1 Å². The summed E-state index contributed by atoms with van der Waals surface area (Å²) in [6, 6.07) is 6.50. The quantitative estimate of drug-likeness (QED) is 0.714. The summed E-state index contributed by atoms with van der Waals surface area (Å²) in [7, 11) is -6.39. The Kier molecular flexibility index (Phi) is 4.70. The molecule has 112 valence electrons. The Bertz CT molecular complexity index is 815. The minimum absolute atomic E-state index is 0.0503. The summed E-state index contributed by atoms with van der Waals surface area (Å²) in [5, 5.41) is 3.28. The van der Waals surface area contributed by atoms with Gasteiger partial charge < -0.3 is 5.32 Å². The first-order valence-corrected chi connectivity index (χ1v) is 9.42. The SMILES string of the molecule is CC(=O)Nc1ccc2sc(S(=O)(=O)NC[P+](=O)O)cc2c1. The topological polar surface area (TPSA) is 113 Å². The third-order valence-electron chi connectivity index (χ3n) is 2.47. The molecule has 0 saturated heterocycles. The van der Waals surface area contributed by atoms with Gasteiger partial charge in [-0.25, -0.2) is 8.42 Å². The first kappa shape index (κ1) is 16.0. The molecule has 10 heteroatoms. The highest BCUT2D eigenvalue weighted by Crippen LogP contribution is 2.31. The maximum Gasteiger partial charge on any atom is 0.522 e. The van der Waals surface area contributed by atoms with E-state index in [9.17, 15) is 17.8 Å². The van der Waals surface area contributed by atoms with Crippen LogP contribution in [0.5, 0.6) is 0 Å². The second kappa shape index (κ2) is 6.17. The maximum atomic E-state index is 12.0. The molecule has 2 rings (SSSR count). The number of carbonyl (C=O) groups excluding carboxylic acids is 1. The van der Waals surface area contributed by atoms with Gasteiger partial charge in [0.2, 0.25) is 12.2 Å². The number of nitrogens with one attached hydrogen (secondary N) is 2. The van der Waals surface area contributed by atoms with E-state index in [1.165, 1.54) is 13.0 Å². The van der Waals surface area contributed by atoms with E-state index >= 15 is 0 Å². The lowest BCUT2D eigenvalue weighted by Gasteiger charge is -2.00. The summed E-state index contributed by atoms with van der Waals surface area (Å²) < 4.78 is 37.3. The summed E-state index contributed by atoms with van der Waals surface area (Å²) in [5.41, 5.74) is 0.572. The molecule has 0 radical (unpaired) electrons.